The van der Waals surface area contributed by atoms with Crippen molar-refractivity contribution in [2.75, 3.05) is 6.54 Å². The lowest BCUT2D eigenvalue weighted by molar-refractivity contribution is -0.384. The number of nitrogens with one attached hydrogen (secondary N) is 1. The normalized spacial score (nSPS) is 11.7. The van der Waals surface area contributed by atoms with Crippen LogP contribution in [0.25, 0.3) is 0 Å². The lowest BCUT2D eigenvalue weighted by Crippen LogP contribution is -2.19. The molecule has 0 bridgehead atoms. The van der Waals surface area contributed by atoms with E-state index in [1.807, 2.05) is 6.92 Å². The van der Waals surface area contributed by atoms with Crippen LogP contribution in [0.15, 0.2) is 24.3 Å². The van der Waals surface area contributed by atoms with Gasteiger partial charge in [0.05, 0.1) is 11.0 Å². The lowest BCUT2D eigenvalue weighted by Gasteiger charge is -2.09. The van der Waals surface area contributed by atoms with E-state index in [1.54, 1.807) is 12.1 Å². The molecule has 0 amide bonds. The van der Waals surface area contributed by atoms with Crippen LogP contribution in [0.4, 0.5) is 5.69 Å². The van der Waals surface area contributed by atoms with Gasteiger partial charge >= 0.3 is 0 Å². The molecule has 0 aliphatic rings. The van der Waals surface area contributed by atoms with Crippen LogP contribution in [0, 0.1) is 21.4 Å². The summed E-state index contributed by atoms with van der Waals surface area (Å²) in [6, 6.07) is 7.66. The van der Waals surface area contributed by atoms with Crippen molar-refractivity contribution in [2.45, 2.75) is 13.0 Å². The monoisotopic (exact) mass is 205 g/mol. The zero-order chi connectivity index (χ0) is 11.3. The van der Waals surface area contributed by atoms with Crippen molar-refractivity contribution in [3.8, 4) is 6.07 Å². The number of rotatable bonds is 4. The molecule has 0 aliphatic heterocycles. The summed E-state index contributed by atoms with van der Waals surface area (Å²) in [6.07, 6.45) is 0. The molecule has 0 fully saturated rings. The molecule has 1 unspecified atom stereocenters. The van der Waals surface area contributed by atoms with Gasteiger partial charge in [0.15, 0.2) is 0 Å². The Bertz CT molecular complexity index is 398. The third-order valence-electron chi connectivity index (χ3n) is 1.95. The minimum absolute atomic E-state index is 0.00523. The van der Waals surface area contributed by atoms with Gasteiger partial charge in [-0.3, -0.25) is 15.4 Å². The number of benzene rings is 1. The first-order valence-electron chi connectivity index (χ1n) is 4.56. The van der Waals surface area contributed by atoms with Gasteiger partial charge in [-0.25, -0.2) is 0 Å². The molecule has 0 aromatic heterocycles. The van der Waals surface area contributed by atoms with E-state index in [4.69, 9.17) is 5.26 Å². The van der Waals surface area contributed by atoms with Crippen LogP contribution in [0.3, 0.4) is 0 Å². The van der Waals surface area contributed by atoms with Crippen molar-refractivity contribution in [1.29, 1.82) is 5.26 Å². The maximum atomic E-state index is 10.5. The second-order valence-corrected chi connectivity index (χ2v) is 2.97. The fourth-order valence-corrected chi connectivity index (χ4v) is 1.26. The van der Waals surface area contributed by atoms with Gasteiger partial charge in [-0.2, -0.15) is 5.26 Å². The van der Waals surface area contributed by atoms with Crippen LogP contribution in [-0.2, 0) is 0 Å². The molecule has 0 saturated heterocycles. The Kier molecular flexibility index (Phi) is 3.77. The summed E-state index contributed by atoms with van der Waals surface area (Å²) < 4.78 is 0. The fourth-order valence-electron chi connectivity index (χ4n) is 1.26. The molecule has 0 spiro atoms. The average Bonchev–Trinajstić information content (AvgIpc) is 2.26. The summed E-state index contributed by atoms with van der Waals surface area (Å²) in [7, 11) is 0. The number of hydrogen-bond donors (Lipinski definition) is 1. The first kappa shape index (κ1) is 11.1. The first-order valence-corrected chi connectivity index (χ1v) is 4.56. The highest BCUT2D eigenvalue weighted by Crippen LogP contribution is 2.18. The van der Waals surface area contributed by atoms with Gasteiger partial charge < -0.3 is 0 Å². The molecular weight excluding hydrogens is 194 g/mol. The standard InChI is InChI=1S/C10H11N3O2/c1-2-12-10(7-11)8-4-3-5-9(6-8)13(14)15/h3-6,10,12H,2H2,1H3. The Balaban J connectivity index is 2.99. The van der Waals surface area contributed by atoms with Gasteiger partial charge in [0.25, 0.3) is 5.69 Å². The predicted molar refractivity (Wildman–Crippen MR) is 55.1 cm³/mol. The van der Waals surface area contributed by atoms with Gasteiger partial charge in [-0.15, -0.1) is 0 Å². The second-order valence-electron chi connectivity index (χ2n) is 2.97. The number of non-ortho nitro benzene ring substituents is 1. The summed E-state index contributed by atoms with van der Waals surface area (Å²) in [4.78, 5) is 10.1. The quantitative estimate of drug-likeness (QED) is 0.600. The SMILES string of the molecule is CCNC(C#N)c1cccc([N+](=O)[O-])c1. The zero-order valence-corrected chi connectivity index (χ0v) is 8.30. The van der Waals surface area contributed by atoms with Crippen LogP contribution in [-0.4, -0.2) is 11.5 Å². The highest BCUT2D eigenvalue weighted by molar-refractivity contribution is 5.37. The minimum Gasteiger partial charge on any atom is -0.298 e. The maximum Gasteiger partial charge on any atom is 0.269 e. The molecule has 0 heterocycles. The summed E-state index contributed by atoms with van der Waals surface area (Å²) in [6.45, 7) is 2.52. The Morgan fingerprint density at radius 2 is 2.40 bits per heavy atom. The zero-order valence-electron chi connectivity index (χ0n) is 8.30. The molecule has 5 nitrogen and oxygen atoms in total. The minimum atomic E-state index is -0.491. The summed E-state index contributed by atoms with van der Waals surface area (Å²) >= 11 is 0. The third kappa shape index (κ3) is 2.76. The summed E-state index contributed by atoms with van der Waals surface area (Å²) in [5, 5.41) is 22.3. The van der Waals surface area contributed by atoms with E-state index < -0.39 is 11.0 Å². The first-order chi connectivity index (χ1) is 7.19. The van der Waals surface area contributed by atoms with E-state index in [9.17, 15) is 10.1 Å². The number of nitrogens with zero attached hydrogens (tertiary/aromatic N) is 2. The van der Waals surface area contributed by atoms with Crippen LogP contribution in [0.2, 0.25) is 0 Å². The fraction of sp³-hybridized carbons (Fsp3) is 0.300. The van der Waals surface area contributed by atoms with Gasteiger partial charge in [0.2, 0.25) is 0 Å². The van der Waals surface area contributed by atoms with Crippen LogP contribution >= 0.6 is 0 Å². The Labute approximate surface area is 87.5 Å². The third-order valence-corrected chi connectivity index (χ3v) is 1.95. The summed E-state index contributed by atoms with van der Waals surface area (Å²) in [5.74, 6) is 0. The number of nitriles is 1. The van der Waals surface area contributed by atoms with E-state index >= 15 is 0 Å². The van der Waals surface area contributed by atoms with Crippen molar-refractivity contribution in [3.05, 3.63) is 39.9 Å². The molecule has 78 valence electrons. The van der Waals surface area contributed by atoms with Crippen LogP contribution in [0.1, 0.15) is 18.5 Å². The Morgan fingerprint density at radius 3 is 2.93 bits per heavy atom. The largest absolute Gasteiger partial charge is 0.298 e. The number of nitro benzene ring substituents is 1. The van der Waals surface area contributed by atoms with Gasteiger partial charge in [0.1, 0.15) is 6.04 Å². The average molecular weight is 205 g/mol. The molecule has 5 heteroatoms. The van der Waals surface area contributed by atoms with Gasteiger partial charge in [-0.1, -0.05) is 19.1 Å². The maximum absolute atomic E-state index is 10.5. The van der Waals surface area contributed by atoms with E-state index in [1.165, 1.54) is 12.1 Å². The molecular formula is C10H11N3O2. The van der Waals surface area contributed by atoms with Crippen molar-refractivity contribution in [2.24, 2.45) is 0 Å². The van der Waals surface area contributed by atoms with Crippen molar-refractivity contribution in [3.63, 3.8) is 0 Å². The van der Waals surface area contributed by atoms with Crippen molar-refractivity contribution in [1.82, 2.24) is 5.32 Å². The van der Waals surface area contributed by atoms with Crippen molar-refractivity contribution >= 4 is 5.69 Å². The molecule has 15 heavy (non-hydrogen) atoms. The van der Waals surface area contributed by atoms with Crippen LogP contribution in [0.5, 0.6) is 0 Å². The molecule has 1 aromatic carbocycles. The molecule has 1 atom stereocenters. The van der Waals surface area contributed by atoms with Gasteiger partial charge in [0, 0.05) is 12.1 Å². The molecule has 1 N–H and O–H groups in total. The predicted octanol–water partition coefficient (Wildman–Crippen LogP) is 1.77. The smallest absolute Gasteiger partial charge is 0.269 e. The van der Waals surface area contributed by atoms with E-state index in [0.29, 0.717) is 12.1 Å². The van der Waals surface area contributed by atoms with Crippen LogP contribution < -0.4 is 5.32 Å². The number of nitro groups is 1. The molecule has 1 rings (SSSR count). The summed E-state index contributed by atoms with van der Waals surface area (Å²) in [5.41, 5.74) is 0.624. The molecule has 1 aromatic rings. The topological polar surface area (TPSA) is 79.0 Å². The van der Waals surface area contributed by atoms with E-state index in [0.717, 1.165) is 0 Å². The van der Waals surface area contributed by atoms with Crippen molar-refractivity contribution < 1.29 is 4.92 Å². The Hall–Kier alpha value is -1.93. The second kappa shape index (κ2) is 5.08. The Morgan fingerprint density at radius 1 is 1.67 bits per heavy atom. The molecule has 0 radical (unpaired) electrons. The lowest BCUT2D eigenvalue weighted by atomic mass is 10.1. The van der Waals surface area contributed by atoms with Gasteiger partial charge in [-0.05, 0) is 12.1 Å². The number of hydrogen-bond acceptors (Lipinski definition) is 4. The highest BCUT2D eigenvalue weighted by atomic mass is 16.6. The van der Waals surface area contributed by atoms with E-state index in [-0.39, 0.29) is 5.69 Å². The molecule has 0 aliphatic carbocycles. The van der Waals surface area contributed by atoms with E-state index in [2.05, 4.69) is 11.4 Å². The molecule has 0 saturated carbocycles. The highest BCUT2D eigenvalue weighted by Gasteiger charge is 2.12.